The zero-order valence-corrected chi connectivity index (χ0v) is 12.1. The Balaban J connectivity index is 0. The van der Waals surface area contributed by atoms with E-state index in [2.05, 4.69) is 5.32 Å². The average molecular weight is 276 g/mol. The van der Waals surface area contributed by atoms with Gasteiger partial charge in [-0.2, -0.15) is 0 Å². The third kappa shape index (κ3) is 26.7. The molecule has 1 amide bonds. The van der Waals surface area contributed by atoms with Gasteiger partial charge in [0.25, 0.3) is 0 Å². The first-order valence-electron chi connectivity index (χ1n) is 7.26. The van der Waals surface area contributed by atoms with Crippen LogP contribution < -0.4 is 22.5 Å². The zero-order chi connectivity index (χ0) is 14.8. The molecule has 0 aliphatic carbocycles. The van der Waals surface area contributed by atoms with E-state index in [4.69, 9.17) is 22.3 Å². The van der Waals surface area contributed by atoms with E-state index >= 15 is 0 Å². The molecule has 0 spiro atoms. The van der Waals surface area contributed by atoms with Gasteiger partial charge in [-0.1, -0.05) is 25.7 Å². The fraction of sp³-hybridized carbons (Fsp3) is 0.923. The van der Waals surface area contributed by atoms with Crippen LogP contribution in [-0.4, -0.2) is 37.4 Å². The van der Waals surface area contributed by atoms with Gasteiger partial charge >= 0.3 is 6.09 Å². The molecule has 0 fully saturated rings. The number of unbranched alkanes of at least 4 members (excludes halogenated alkanes) is 6. The minimum Gasteiger partial charge on any atom is -0.465 e. The molecular formula is C13H32N4O2. The highest BCUT2D eigenvalue weighted by atomic mass is 16.4. The Labute approximate surface area is 117 Å². The van der Waals surface area contributed by atoms with Crippen LogP contribution in [-0.2, 0) is 0 Å². The summed E-state index contributed by atoms with van der Waals surface area (Å²) in [7, 11) is 0. The quantitative estimate of drug-likeness (QED) is 0.363. The zero-order valence-electron chi connectivity index (χ0n) is 12.1. The van der Waals surface area contributed by atoms with E-state index in [0.717, 1.165) is 58.2 Å². The van der Waals surface area contributed by atoms with Crippen LogP contribution in [0.1, 0.15) is 51.4 Å². The summed E-state index contributed by atoms with van der Waals surface area (Å²) in [6.07, 6.45) is 7.94. The number of rotatable bonds is 11. The lowest BCUT2D eigenvalue weighted by molar-refractivity contribution is 0.194. The van der Waals surface area contributed by atoms with Crippen LogP contribution >= 0.6 is 0 Å². The van der Waals surface area contributed by atoms with Gasteiger partial charge in [0.15, 0.2) is 0 Å². The monoisotopic (exact) mass is 276 g/mol. The van der Waals surface area contributed by atoms with Crippen LogP contribution in [0.25, 0.3) is 0 Å². The summed E-state index contributed by atoms with van der Waals surface area (Å²) in [6.45, 7) is 2.93. The summed E-state index contributed by atoms with van der Waals surface area (Å²) in [6, 6.07) is 0. The van der Waals surface area contributed by atoms with Crippen LogP contribution in [0, 0.1) is 0 Å². The van der Waals surface area contributed by atoms with Gasteiger partial charge in [0.05, 0.1) is 0 Å². The number of hydrogen-bond acceptors (Lipinski definition) is 4. The smallest absolute Gasteiger partial charge is 0.404 e. The molecule has 0 saturated heterocycles. The van der Waals surface area contributed by atoms with Crippen LogP contribution in [0.15, 0.2) is 0 Å². The fourth-order valence-electron chi connectivity index (χ4n) is 1.46. The Hall–Kier alpha value is -0.850. The largest absolute Gasteiger partial charge is 0.465 e. The lowest BCUT2D eigenvalue weighted by atomic mass is 10.2. The van der Waals surface area contributed by atoms with Crippen molar-refractivity contribution in [3.8, 4) is 0 Å². The highest BCUT2D eigenvalue weighted by Crippen LogP contribution is 1.96. The van der Waals surface area contributed by atoms with Crippen LogP contribution in [0.5, 0.6) is 0 Å². The van der Waals surface area contributed by atoms with Crippen LogP contribution in [0.3, 0.4) is 0 Å². The summed E-state index contributed by atoms with van der Waals surface area (Å²) < 4.78 is 0. The van der Waals surface area contributed by atoms with Gasteiger partial charge in [-0.05, 0) is 45.3 Å². The first kappa shape index (κ1) is 20.5. The highest BCUT2D eigenvalue weighted by molar-refractivity contribution is 5.64. The maximum Gasteiger partial charge on any atom is 0.404 e. The Morgan fingerprint density at radius 1 is 0.737 bits per heavy atom. The molecular weight excluding hydrogens is 244 g/mol. The van der Waals surface area contributed by atoms with Crippen molar-refractivity contribution in [2.45, 2.75) is 51.4 Å². The lowest BCUT2D eigenvalue weighted by Gasteiger charge is -1.99. The molecule has 19 heavy (non-hydrogen) atoms. The Morgan fingerprint density at radius 2 is 1.11 bits per heavy atom. The van der Waals surface area contributed by atoms with Gasteiger partial charge in [-0.3, -0.25) is 0 Å². The van der Waals surface area contributed by atoms with Gasteiger partial charge in [0.1, 0.15) is 0 Å². The van der Waals surface area contributed by atoms with E-state index in [1.807, 2.05) is 0 Å². The third-order valence-electron chi connectivity index (χ3n) is 2.57. The van der Waals surface area contributed by atoms with E-state index in [9.17, 15) is 4.79 Å². The van der Waals surface area contributed by atoms with E-state index in [1.54, 1.807) is 0 Å². The minimum atomic E-state index is -0.941. The Morgan fingerprint density at radius 3 is 1.42 bits per heavy atom. The summed E-state index contributed by atoms with van der Waals surface area (Å²) in [5.74, 6) is 0. The molecule has 6 nitrogen and oxygen atoms in total. The van der Waals surface area contributed by atoms with Gasteiger partial charge in [0.2, 0.25) is 0 Å². The van der Waals surface area contributed by atoms with Crippen molar-refractivity contribution in [3.63, 3.8) is 0 Å². The van der Waals surface area contributed by atoms with Gasteiger partial charge in [0, 0.05) is 6.54 Å². The number of carboxylic acid groups (broad SMARTS) is 1. The van der Waals surface area contributed by atoms with E-state index < -0.39 is 6.09 Å². The van der Waals surface area contributed by atoms with Crippen LogP contribution in [0.2, 0.25) is 0 Å². The lowest BCUT2D eigenvalue weighted by Crippen LogP contribution is -2.21. The minimum absolute atomic E-state index is 0.555. The first-order valence-corrected chi connectivity index (χ1v) is 7.26. The molecule has 0 aliphatic heterocycles. The van der Waals surface area contributed by atoms with Crippen molar-refractivity contribution in [3.05, 3.63) is 0 Å². The maximum atomic E-state index is 9.96. The second-order valence-corrected chi connectivity index (χ2v) is 4.43. The number of nitrogens with two attached hydrogens (primary N) is 3. The standard InChI is InChI=1S/C7H16N2O2.C6H16N2/c8-5-3-1-2-4-6-9-7(10)11;7-5-3-1-2-4-6-8/h9H,1-6,8H2,(H,10,11);1-8H2. The summed E-state index contributed by atoms with van der Waals surface area (Å²) in [5, 5.41) is 10.5. The van der Waals surface area contributed by atoms with Crippen molar-refractivity contribution in [1.29, 1.82) is 0 Å². The number of carbonyl (C=O) groups is 1. The molecule has 0 saturated carbocycles. The van der Waals surface area contributed by atoms with Crippen molar-refractivity contribution in [1.82, 2.24) is 5.32 Å². The van der Waals surface area contributed by atoms with Crippen molar-refractivity contribution < 1.29 is 9.90 Å². The predicted octanol–water partition coefficient (Wildman–Crippen LogP) is 1.24. The predicted molar refractivity (Wildman–Crippen MR) is 80.1 cm³/mol. The molecule has 0 unspecified atom stereocenters. The second-order valence-electron chi connectivity index (χ2n) is 4.43. The Kier molecular flexibility index (Phi) is 21.0. The molecule has 0 aromatic carbocycles. The maximum absolute atomic E-state index is 9.96. The van der Waals surface area contributed by atoms with Gasteiger partial charge < -0.3 is 27.6 Å². The van der Waals surface area contributed by atoms with E-state index in [-0.39, 0.29) is 0 Å². The molecule has 6 heteroatoms. The molecule has 0 aromatic heterocycles. The van der Waals surface area contributed by atoms with Crippen molar-refractivity contribution in [2.24, 2.45) is 17.2 Å². The fourth-order valence-corrected chi connectivity index (χ4v) is 1.46. The SMILES string of the molecule is NCCCCCCN.NCCCCCCNC(=O)O. The molecule has 0 bridgehead atoms. The van der Waals surface area contributed by atoms with Crippen molar-refractivity contribution in [2.75, 3.05) is 26.2 Å². The number of amides is 1. The molecule has 0 atom stereocenters. The van der Waals surface area contributed by atoms with Crippen LogP contribution in [0.4, 0.5) is 4.79 Å². The molecule has 116 valence electrons. The molecule has 0 aliphatic rings. The van der Waals surface area contributed by atoms with Gasteiger partial charge in [-0.25, -0.2) is 4.79 Å². The topological polar surface area (TPSA) is 127 Å². The molecule has 0 rings (SSSR count). The summed E-state index contributed by atoms with van der Waals surface area (Å²) in [4.78, 5) is 9.96. The summed E-state index contributed by atoms with van der Waals surface area (Å²) >= 11 is 0. The molecule has 8 N–H and O–H groups in total. The normalized spacial score (nSPS) is 9.63. The van der Waals surface area contributed by atoms with Gasteiger partial charge in [-0.15, -0.1) is 0 Å². The highest BCUT2D eigenvalue weighted by Gasteiger charge is 1.92. The average Bonchev–Trinajstić information content (AvgIpc) is 2.39. The third-order valence-corrected chi connectivity index (χ3v) is 2.57. The molecule has 0 heterocycles. The van der Waals surface area contributed by atoms with Crippen molar-refractivity contribution >= 4 is 6.09 Å². The second kappa shape index (κ2) is 19.5. The molecule has 0 aromatic rings. The van der Waals surface area contributed by atoms with E-state index in [0.29, 0.717) is 6.54 Å². The molecule has 0 radical (unpaired) electrons. The Bertz CT molecular complexity index is 174. The summed E-state index contributed by atoms with van der Waals surface area (Å²) in [5.41, 5.74) is 15.8. The number of hydrogen-bond donors (Lipinski definition) is 5. The first-order chi connectivity index (χ1) is 9.18. The van der Waals surface area contributed by atoms with E-state index in [1.165, 1.54) is 12.8 Å². The number of nitrogens with one attached hydrogen (secondary N) is 1.